The number of carboxylic acid groups (broad SMARTS) is 1. The van der Waals surface area contributed by atoms with Gasteiger partial charge in [-0.15, -0.1) is 0 Å². The van der Waals surface area contributed by atoms with Gasteiger partial charge in [0.05, 0.1) is 6.04 Å². The molecule has 3 atom stereocenters. The van der Waals surface area contributed by atoms with Crippen molar-refractivity contribution in [2.24, 2.45) is 11.3 Å². The fourth-order valence-corrected chi connectivity index (χ4v) is 5.36. The monoisotopic (exact) mass is 455 g/mol. The Balaban J connectivity index is 3.21. The van der Waals surface area contributed by atoms with E-state index in [-0.39, 0.29) is 34.1 Å². The zero-order valence-corrected chi connectivity index (χ0v) is 21.6. The summed E-state index contributed by atoms with van der Waals surface area (Å²) in [6, 6.07) is -1.47. The van der Waals surface area contributed by atoms with Crippen molar-refractivity contribution in [1.29, 1.82) is 0 Å². The Morgan fingerprint density at radius 1 is 1.26 bits per heavy atom. The van der Waals surface area contributed by atoms with E-state index in [0.717, 1.165) is 12.3 Å². The van der Waals surface area contributed by atoms with Crippen LogP contribution in [0, 0.1) is 11.3 Å². The van der Waals surface area contributed by atoms with E-state index in [9.17, 15) is 19.5 Å². The number of nitrogens with one attached hydrogen (secondary N) is 1. The normalized spacial score (nSPS) is 22.0. The number of carboxylic acids is 1. The molecule has 0 saturated carbocycles. The summed E-state index contributed by atoms with van der Waals surface area (Å²) < 4.78 is -0.268. The lowest BCUT2D eigenvalue weighted by Gasteiger charge is -2.44. The van der Waals surface area contributed by atoms with E-state index in [0.29, 0.717) is 0 Å². The highest BCUT2D eigenvalue weighted by Gasteiger charge is 2.44. The molecule has 0 aromatic carbocycles. The Hall–Kier alpha value is -1.54. The van der Waals surface area contributed by atoms with Crippen LogP contribution in [-0.4, -0.2) is 82.0 Å². The van der Waals surface area contributed by atoms with E-state index in [1.54, 1.807) is 29.8 Å². The van der Waals surface area contributed by atoms with Gasteiger partial charge in [-0.05, 0) is 39.2 Å². The molecule has 8 heteroatoms. The summed E-state index contributed by atoms with van der Waals surface area (Å²) in [6.45, 7) is 16.1. The molecule has 1 aliphatic rings. The largest absolute Gasteiger partial charge is 0.478 e. The molecular weight excluding hydrogens is 414 g/mol. The van der Waals surface area contributed by atoms with Crippen molar-refractivity contribution in [3.63, 3.8) is 0 Å². The van der Waals surface area contributed by atoms with Gasteiger partial charge in [0.25, 0.3) is 0 Å². The molecule has 1 heterocycles. The quantitative estimate of drug-likeness (QED) is 0.574. The number of hydrogen-bond donors (Lipinski definition) is 2. The molecule has 1 saturated heterocycles. The average molecular weight is 456 g/mol. The summed E-state index contributed by atoms with van der Waals surface area (Å²) in [6.07, 6.45) is 1.61. The van der Waals surface area contributed by atoms with E-state index in [1.165, 1.54) is 6.92 Å². The fourth-order valence-electron chi connectivity index (χ4n) is 4.01. The predicted octanol–water partition coefficient (Wildman–Crippen LogP) is 2.86. The summed E-state index contributed by atoms with van der Waals surface area (Å²) in [4.78, 5) is 41.9. The third-order valence-corrected chi connectivity index (χ3v) is 7.26. The van der Waals surface area contributed by atoms with E-state index >= 15 is 0 Å². The van der Waals surface area contributed by atoms with Gasteiger partial charge in [0.2, 0.25) is 11.8 Å². The molecule has 0 radical (unpaired) electrons. The first-order valence-corrected chi connectivity index (χ1v) is 11.8. The fraction of sp³-hybridized carbons (Fsp3) is 0.783. The number of amides is 2. The van der Waals surface area contributed by atoms with Crippen LogP contribution >= 0.6 is 11.8 Å². The topological polar surface area (TPSA) is 90.0 Å². The lowest BCUT2D eigenvalue weighted by molar-refractivity contribution is -0.141. The minimum atomic E-state index is -1.01. The summed E-state index contributed by atoms with van der Waals surface area (Å²) >= 11 is 1.77. The third kappa shape index (κ3) is 6.97. The molecule has 1 unspecified atom stereocenters. The molecule has 0 aromatic rings. The van der Waals surface area contributed by atoms with Crippen LogP contribution in [0.1, 0.15) is 55.4 Å². The number of carbonyl (C=O) groups excluding carboxylic acids is 2. The van der Waals surface area contributed by atoms with Gasteiger partial charge >= 0.3 is 5.97 Å². The van der Waals surface area contributed by atoms with E-state index in [2.05, 4.69) is 24.1 Å². The smallest absolute Gasteiger partial charge is 0.331 e. The van der Waals surface area contributed by atoms with Gasteiger partial charge in [-0.2, -0.15) is 11.8 Å². The van der Waals surface area contributed by atoms with Gasteiger partial charge in [0.15, 0.2) is 0 Å². The Labute approximate surface area is 192 Å². The second-order valence-electron chi connectivity index (χ2n) is 10.5. The lowest BCUT2D eigenvalue weighted by Crippen LogP contribution is -2.63. The Kier molecular flexibility index (Phi) is 9.21. The summed E-state index contributed by atoms with van der Waals surface area (Å²) in [5.74, 6) is -0.410. The van der Waals surface area contributed by atoms with Crippen LogP contribution < -0.4 is 5.32 Å². The highest BCUT2D eigenvalue weighted by atomic mass is 32.2. The number of aliphatic carboxylic acids is 1. The summed E-state index contributed by atoms with van der Waals surface area (Å²) in [5.41, 5.74) is -0.323. The van der Waals surface area contributed by atoms with Crippen molar-refractivity contribution < 1.29 is 19.5 Å². The minimum Gasteiger partial charge on any atom is -0.478 e. The summed E-state index contributed by atoms with van der Waals surface area (Å²) in [7, 11) is 3.62. The van der Waals surface area contributed by atoms with E-state index < -0.39 is 23.5 Å². The van der Waals surface area contributed by atoms with Crippen molar-refractivity contribution in [2.45, 2.75) is 78.3 Å². The van der Waals surface area contributed by atoms with Crippen LogP contribution in [0.2, 0.25) is 0 Å². The zero-order valence-electron chi connectivity index (χ0n) is 20.8. The van der Waals surface area contributed by atoms with Crippen LogP contribution in [0.25, 0.3) is 0 Å². The first kappa shape index (κ1) is 27.5. The van der Waals surface area contributed by atoms with Gasteiger partial charge in [-0.25, -0.2) is 4.79 Å². The van der Waals surface area contributed by atoms with Crippen LogP contribution in [0.4, 0.5) is 0 Å². The second-order valence-corrected chi connectivity index (χ2v) is 12.2. The maximum atomic E-state index is 13.6. The molecule has 7 nitrogen and oxygen atoms in total. The standard InChI is InChI=1S/C23H41N3O4S/c1-14(2)16(13-15(3)21(29)30)26(10)20(28)17(22(4,5)6)24-19(27)18-23(7,8)31-12-11-25(18)9/h13-14,16-18H,11-12H2,1-10H3,(H,24,27)(H,29,30)/t16-,17-,18?/m1/s1. The molecule has 0 spiro atoms. The zero-order chi connectivity index (χ0) is 24.3. The first-order valence-electron chi connectivity index (χ1n) is 10.8. The van der Waals surface area contributed by atoms with E-state index in [4.69, 9.17) is 0 Å². The van der Waals surface area contributed by atoms with Gasteiger partial charge < -0.3 is 15.3 Å². The van der Waals surface area contributed by atoms with E-state index in [1.807, 2.05) is 41.7 Å². The van der Waals surface area contributed by atoms with Crippen molar-refractivity contribution in [2.75, 3.05) is 26.4 Å². The van der Waals surface area contributed by atoms with Crippen molar-refractivity contribution in [3.8, 4) is 0 Å². The molecule has 0 aromatic heterocycles. The molecule has 1 fully saturated rings. The number of likely N-dealkylation sites (N-methyl/N-ethyl adjacent to an activating group) is 2. The minimum absolute atomic E-state index is 0.0133. The maximum Gasteiger partial charge on any atom is 0.331 e. The molecule has 1 rings (SSSR count). The molecule has 2 amide bonds. The van der Waals surface area contributed by atoms with Gasteiger partial charge in [-0.1, -0.05) is 40.7 Å². The van der Waals surface area contributed by atoms with Crippen molar-refractivity contribution >= 4 is 29.5 Å². The molecule has 0 aliphatic carbocycles. The maximum absolute atomic E-state index is 13.6. The second kappa shape index (κ2) is 10.4. The number of rotatable bonds is 7. The Bertz CT molecular complexity index is 712. The predicted molar refractivity (Wildman–Crippen MR) is 127 cm³/mol. The number of carbonyl (C=O) groups is 3. The number of hydrogen-bond acceptors (Lipinski definition) is 5. The SMILES string of the molecule is CC(=C[C@H](C(C)C)N(C)C(=O)[C@@H](NC(=O)C1N(C)CCSC1(C)C)C(C)(C)C)C(=O)O. The molecule has 0 bridgehead atoms. The van der Waals surface area contributed by atoms with Crippen LogP contribution in [-0.2, 0) is 14.4 Å². The number of thioether (sulfide) groups is 1. The van der Waals surface area contributed by atoms with Crippen molar-refractivity contribution in [1.82, 2.24) is 15.1 Å². The van der Waals surface area contributed by atoms with Crippen LogP contribution in [0.5, 0.6) is 0 Å². The molecule has 31 heavy (non-hydrogen) atoms. The highest BCUT2D eigenvalue weighted by molar-refractivity contribution is 8.00. The Morgan fingerprint density at radius 2 is 1.81 bits per heavy atom. The highest BCUT2D eigenvalue weighted by Crippen LogP contribution is 2.35. The van der Waals surface area contributed by atoms with Crippen molar-refractivity contribution in [3.05, 3.63) is 11.6 Å². The Morgan fingerprint density at radius 3 is 2.23 bits per heavy atom. The summed E-state index contributed by atoms with van der Waals surface area (Å²) in [5, 5.41) is 12.3. The van der Waals surface area contributed by atoms with Gasteiger partial charge in [-0.3, -0.25) is 14.5 Å². The van der Waals surface area contributed by atoms with Gasteiger partial charge in [0, 0.05) is 29.7 Å². The third-order valence-electron chi connectivity index (χ3n) is 5.90. The number of nitrogens with zero attached hydrogens (tertiary/aromatic N) is 2. The van der Waals surface area contributed by atoms with Gasteiger partial charge in [0.1, 0.15) is 12.1 Å². The average Bonchev–Trinajstić information content (AvgIpc) is 2.60. The molecular formula is C23H41N3O4S. The molecule has 178 valence electrons. The molecule has 1 aliphatic heterocycles. The molecule has 2 N–H and O–H groups in total. The first-order chi connectivity index (χ1) is 14.0. The lowest BCUT2D eigenvalue weighted by atomic mass is 9.84. The van der Waals surface area contributed by atoms with Crippen LogP contribution in [0.3, 0.4) is 0 Å². The van der Waals surface area contributed by atoms with Crippen LogP contribution in [0.15, 0.2) is 11.6 Å².